The average molecular weight is 278 g/mol. The summed E-state index contributed by atoms with van der Waals surface area (Å²) in [6.45, 7) is 1.45. The van der Waals surface area contributed by atoms with E-state index in [1.807, 2.05) is 0 Å². The molecule has 1 rings (SSSR count). The molecule has 0 radical (unpaired) electrons. The van der Waals surface area contributed by atoms with Gasteiger partial charge in [0.1, 0.15) is 12.2 Å². The van der Waals surface area contributed by atoms with Crippen LogP contribution in [0.5, 0.6) is 0 Å². The van der Waals surface area contributed by atoms with Gasteiger partial charge in [-0.3, -0.25) is 0 Å². The Morgan fingerprint density at radius 3 is 2.31 bits per heavy atom. The molecular formula is C6H7ClF3N3O2S. The second-order valence-corrected chi connectivity index (χ2v) is 5.33. The summed E-state index contributed by atoms with van der Waals surface area (Å²) < 4.78 is 59.0. The van der Waals surface area contributed by atoms with Crippen molar-refractivity contribution in [2.24, 2.45) is 0 Å². The van der Waals surface area contributed by atoms with Crippen LogP contribution in [0.3, 0.4) is 0 Å². The summed E-state index contributed by atoms with van der Waals surface area (Å²) in [5, 5.41) is 5.63. The molecule has 0 atom stereocenters. The van der Waals surface area contributed by atoms with Gasteiger partial charge >= 0.3 is 6.18 Å². The number of rotatable bonds is 3. The molecule has 0 aliphatic rings. The van der Waals surface area contributed by atoms with Crippen LogP contribution in [-0.2, 0) is 22.0 Å². The lowest BCUT2D eigenvalue weighted by Crippen LogP contribution is -2.17. The zero-order chi connectivity index (χ0) is 12.6. The molecule has 92 valence electrons. The summed E-state index contributed by atoms with van der Waals surface area (Å²) in [4.78, 5) is 0. The van der Waals surface area contributed by atoms with E-state index in [9.17, 15) is 21.6 Å². The highest BCUT2D eigenvalue weighted by Crippen LogP contribution is 2.22. The highest BCUT2D eigenvalue weighted by atomic mass is 35.7. The van der Waals surface area contributed by atoms with Gasteiger partial charge in [0.15, 0.2) is 0 Å². The minimum absolute atomic E-state index is 0.0142. The van der Waals surface area contributed by atoms with Crippen LogP contribution in [0.4, 0.5) is 13.2 Å². The first kappa shape index (κ1) is 13.2. The number of nitrogens with zero attached hydrogens (tertiary/aromatic N) is 3. The Labute approximate surface area is 93.6 Å². The summed E-state index contributed by atoms with van der Waals surface area (Å²) in [5.74, 6) is -0.478. The molecule has 1 heterocycles. The molecule has 10 heteroatoms. The maximum atomic E-state index is 12.1. The predicted octanol–water partition coefficient (Wildman–Crippen LogP) is 1.33. The molecule has 0 N–H and O–H groups in total. The number of alkyl halides is 3. The zero-order valence-electron chi connectivity index (χ0n) is 7.99. The van der Waals surface area contributed by atoms with Crippen LogP contribution >= 0.6 is 10.7 Å². The Hall–Kier alpha value is -0.830. The Bertz CT molecular complexity index is 482. The van der Waals surface area contributed by atoms with Crippen molar-refractivity contribution in [1.29, 1.82) is 0 Å². The van der Waals surface area contributed by atoms with E-state index in [0.29, 0.717) is 0 Å². The smallest absolute Gasteiger partial charge is 0.301 e. The first-order valence-corrected chi connectivity index (χ1v) is 6.39. The Morgan fingerprint density at radius 2 is 1.94 bits per heavy atom. The Balaban J connectivity index is 3.20. The SMILES string of the molecule is CCn1c(CC(F)(F)F)nnc1S(=O)(=O)Cl. The van der Waals surface area contributed by atoms with Crippen LogP contribution in [-0.4, -0.2) is 29.4 Å². The lowest BCUT2D eigenvalue weighted by atomic mass is 10.4. The lowest BCUT2D eigenvalue weighted by molar-refractivity contribution is -0.129. The van der Waals surface area contributed by atoms with Crippen molar-refractivity contribution in [2.75, 3.05) is 0 Å². The molecule has 16 heavy (non-hydrogen) atoms. The summed E-state index contributed by atoms with van der Waals surface area (Å²) in [6.07, 6.45) is -5.83. The number of halogens is 4. The monoisotopic (exact) mass is 277 g/mol. The Morgan fingerprint density at radius 1 is 1.38 bits per heavy atom. The third-order valence-electron chi connectivity index (χ3n) is 1.69. The largest absolute Gasteiger partial charge is 0.396 e. The van der Waals surface area contributed by atoms with E-state index in [1.54, 1.807) is 0 Å². The van der Waals surface area contributed by atoms with Crippen molar-refractivity contribution in [2.45, 2.75) is 31.2 Å². The number of hydrogen-bond acceptors (Lipinski definition) is 4. The molecule has 0 saturated carbocycles. The van der Waals surface area contributed by atoms with Gasteiger partial charge in [0.05, 0.1) is 0 Å². The minimum atomic E-state index is -4.48. The lowest BCUT2D eigenvalue weighted by Gasteiger charge is -2.07. The molecule has 0 spiro atoms. The Kier molecular flexibility index (Phi) is 3.48. The van der Waals surface area contributed by atoms with Crippen LogP contribution < -0.4 is 0 Å². The maximum Gasteiger partial charge on any atom is 0.396 e. The second kappa shape index (κ2) is 4.21. The normalized spacial score (nSPS) is 13.1. The van der Waals surface area contributed by atoms with Crippen LogP contribution in [0, 0.1) is 0 Å². The van der Waals surface area contributed by atoms with E-state index in [0.717, 1.165) is 4.57 Å². The van der Waals surface area contributed by atoms with Gasteiger partial charge in [-0.25, -0.2) is 8.42 Å². The third kappa shape index (κ3) is 3.08. The van der Waals surface area contributed by atoms with Gasteiger partial charge in [-0.1, -0.05) is 0 Å². The molecule has 0 fully saturated rings. The fourth-order valence-corrected chi connectivity index (χ4v) is 2.11. The van der Waals surface area contributed by atoms with Gasteiger partial charge in [0, 0.05) is 17.2 Å². The van der Waals surface area contributed by atoms with Crippen molar-refractivity contribution in [3.63, 3.8) is 0 Å². The first-order valence-electron chi connectivity index (χ1n) is 4.08. The minimum Gasteiger partial charge on any atom is -0.301 e. The van der Waals surface area contributed by atoms with Crippen LogP contribution in [0.2, 0.25) is 0 Å². The molecule has 0 aliphatic carbocycles. The molecule has 0 aromatic carbocycles. The first-order chi connectivity index (χ1) is 7.15. The predicted molar refractivity (Wildman–Crippen MR) is 48.5 cm³/mol. The van der Waals surface area contributed by atoms with Gasteiger partial charge < -0.3 is 4.57 Å². The number of hydrogen-bond donors (Lipinski definition) is 0. The summed E-state index contributed by atoms with van der Waals surface area (Å²) >= 11 is 0. The van der Waals surface area contributed by atoms with E-state index in [4.69, 9.17) is 10.7 Å². The average Bonchev–Trinajstić information content (AvgIpc) is 2.43. The van der Waals surface area contributed by atoms with Gasteiger partial charge in [0.25, 0.3) is 14.2 Å². The quantitative estimate of drug-likeness (QED) is 0.782. The summed E-state index contributed by atoms with van der Waals surface area (Å²) in [7, 11) is 0.809. The second-order valence-electron chi connectivity index (χ2n) is 2.87. The molecule has 0 amide bonds. The third-order valence-corrected chi connectivity index (χ3v) is 2.84. The summed E-state index contributed by atoms with van der Waals surface area (Å²) in [5.41, 5.74) is 0. The fraction of sp³-hybridized carbons (Fsp3) is 0.667. The van der Waals surface area contributed by atoms with Gasteiger partial charge in [-0.15, -0.1) is 10.2 Å². The van der Waals surface area contributed by atoms with Gasteiger partial charge in [0.2, 0.25) is 0 Å². The van der Waals surface area contributed by atoms with Crippen LogP contribution in [0.25, 0.3) is 0 Å². The van der Waals surface area contributed by atoms with Crippen LogP contribution in [0.15, 0.2) is 5.16 Å². The highest BCUT2D eigenvalue weighted by Gasteiger charge is 2.32. The molecule has 1 aromatic heterocycles. The summed E-state index contributed by atoms with van der Waals surface area (Å²) in [6, 6.07) is 0. The van der Waals surface area contributed by atoms with Gasteiger partial charge in [-0.2, -0.15) is 13.2 Å². The van der Waals surface area contributed by atoms with Gasteiger partial charge in [-0.05, 0) is 6.92 Å². The fourth-order valence-electron chi connectivity index (χ4n) is 1.13. The van der Waals surface area contributed by atoms with Crippen molar-refractivity contribution in [3.8, 4) is 0 Å². The molecule has 0 saturated heterocycles. The highest BCUT2D eigenvalue weighted by molar-refractivity contribution is 8.13. The van der Waals surface area contributed by atoms with Crippen LogP contribution in [0.1, 0.15) is 12.7 Å². The zero-order valence-corrected chi connectivity index (χ0v) is 9.56. The van der Waals surface area contributed by atoms with E-state index < -0.39 is 32.6 Å². The van der Waals surface area contributed by atoms with Crippen molar-refractivity contribution < 1.29 is 21.6 Å². The topological polar surface area (TPSA) is 64.8 Å². The molecule has 1 aromatic rings. The molecular weight excluding hydrogens is 271 g/mol. The molecule has 0 bridgehead atoms. The van der Waals surface area contributed by atoms with E-state index >= 15 is 0 Å². The molecule has 5 nitrogen and oxygen atoms in total. The standard InChI is InChI=1S/C6H7ClF3N3O2S/c1-2-13-4(3-6(8,9)10)11-12-5(13)16(7,14)15/h2-3H2,1H3. The molecule has 0 unspecified atom stereocenters. The van der Waals surface area contributed by atoms with E-state index in [-0.39, 0.29) is 6.54 Å². The maximum absolute atomic E-state index is 12.1. The number of aromatic nitrogens is 3. The van der Waals surface area contributed by atoms with E-state index in [1.165, 1.54) is 6.92 Å². The molecule has 0 aliphatic heterocycles. The van der Waals surface area contributed by atoms with E-state index in [2.05, 4.69) is 10.2 Å². The van der Waals surface area contributed by atoms with Crippen molar-refractivity contribution in [1.82, 2.24) is 14.8 Å². The van der Waals surface area contributed by atoms with Crippen molar-refractivity contribution >= 4 is 19.7 Å². The van der Waals surface area contributed by atoms with Crippen molar-refractivity contribution in [3.05, 3.63) is 5.82 Å².